The zero-order chi connectivity index (χ0) is 22.9. The number of hydrogen-bond acceptors (Lipinski definition) is 6. The standard InChI is InChI=1S/C23H28N2O6/c1-16-4-8-18(9-5-16)24-22(28)31-21(23(2,3)13-12-20(27)25-29)17-6-10-19(11-7-17)30-15-14-26/h4-13,21,26,29H,14-15H2,1-3H3,(H,24,28)(H,25,27)/b13-12+/t21-/m0/s1. The Morgan fingerprint density at radius 2 is 1.74 bits per heavy atom. The Morgan fingerprint density at radius 1 is 1.10 bits per heavy atom. The highest BCUT2D eigenvalue weighted by Crippen LogP contribution is 2.38. The van der Waals surface area contributed by atoms with E-state index in [-0.39, 0.29) is 13.2 Å². The van der Waals surface area contributed by atoms with Crippen molar-refractivity contribution in [1.82, 2.24) is 5.48 Å². The molecule has 8 heteroatoms. The molecule has 4 N–H and O–H groups in total. The number of anilines is 1. The monoisotopic (exact) mass is 428 g/mol. The van der Waals surface area contributed by atoms with Crippen molar-refractivity contribution in [2.45, 2.75) is 26.9 Å². The number of hydrogen-bond donors (Lipinski definition) is 4. The molecule has 31 heavy (non-hydrogen) atoms. The highest BCUT2D eigenvalue weighted by atomic mass is 16.6. The molecule has 0 aliphatic rings. The van der Waals surface area contributed by atoms with E-state index in [1.165, 1.54) is 11.6 Å². The number of aliphatic hydroxyl groups is 1. The molecule has 166 valence electrons. The van der Waals surface area contributed by atoms with E-state index in [0.717, 1.165) is 5.56 Å². The number of amides is 2. The van der Waals surface area contributed by atoms with Gasteiger partial charge in [-0.3, -0.25) is 15.3 Å². The Kier molecular flexibility index (Phi) is 8.60. The van der Waals surface area contributed by atoms with Crippen LogP contribution in [0.25, 0.3) is 0 Å². The Hall–Kier alpha value is -3.36. The van der Waals surface area contributed by atoms with Crippen LogP contribution in [0, 0.1) is 12.3 Å². The third-order valence-electron chi connectivity index (χ3n) is 4.52. The molecular weight excluding hydrogens is 400 g/mol. The van der Waals surface area contributed by atoms with E-state index in [1.54, 1.807) is 56.3 Å². The molecule has 2 rings (SSSR count). The Morgan fingerprint density at radius 3 is 2.32 bits per heavy atom. The number of ether oxygens (including phenoxy) is 2. The molecular formula is C23H28N2O6. The lowest BCUT2D eigenvalue weighted by atomic mass is 9.82. The van der Waals surface area contributed by atoms with Crippen molar-refractivity contribution in [3.63, 3.8) is 0 Å². The fourth-order valence-corrected chi connectivity index (χ4v) is 2.86. The molecule has 8 nitrogen and oxygen atoms in total. The molecule has 0 heterocycles. The van der Waals surface area contributed by atoms with Gasteiger partial charge >= 0.3 is 6.09 Å². The lowest BCUT2D eigenvalue weighted by Gasteiger charge is -2.31. The quantitative estimate of drug-likeness (QED) is 0.275. The molecule has 0 radical (unpaired) electrons. The average molecular weight is 428 g/mol. The molecule has 2 amide bonds. The summed E-state index contributed by atoms with van der Waals surface area (Å²) in [7, 11) is 0. The van der Waals surface area contributed by atoms with Gasteiger partial charge in [-0.05, 0) is 36.8 Å². The summed E-state index contributed by atoms with van der Waals surface area (Å²) in [6.07, 6.45) is 1.32. The van der Waals surface area contributed by atoms with Gasteiger partial charge in [0.2, 0.25) is 0 Å². The summed E-state index contributed by atoms with van der Waals surface area (Å²) in [6.45, 7) is 5.62. The van der Waals surface area contributed by atoms with Crippen LogP contribution in [0.3, 0.4) is 0 Å². The predicted molar refractivity (Wildman–Crippen MR) is 116 cm³/mol. The molecule has 0 aliphatic heterocycles. The number of benzene rings is 2. The van der Waals surface area contributed by atoms with Crippen LogP contribution in [0.15, 0.2) is 60.7 Å². The van der Waals surface area contributed by atoms with Crippen LogP contribution < -0.4 is 15.5 Å². The maximum atomic E-state index is 12.6. The van der Waals surface area contributed by atoms with Gasteiger partial charge in [-0.1, -0.05) is 49.8 Å². The number of nitrogens with one attached hydrogen (secondary N) is 2. The van der Waals surface area contributed by atoms with Crippen LogP contribution in [0.5, 0.6) is 5.75 Å². The van der Waals surface area contributed by atoms with E-state index in [9.17, 15) is 9.59 Å². The van der Waals surface area contributed by atoms with Gasteiger partial charge in [-0.15, -0.1) is 0 Å². The Balaban J connectivity index is 2.26. The molecule has 1 atom stereocenters. The van der Waals surface area contributed by atoms with Crippen molar-refractivity contribution in [1.29, 1.82) is 0 Å². The molecule has 0 aromatic heterocycles. The van der Waals surface area contributed by atoms with Gasteiger partial charge in [-0.25, -0.2) is 10.3 Å². The lowest BCUT2D eigenvalue weighted by molar-refractivity contribution is -0.124. The van der Waals surface area contributed by atoms with E-state index in [2.05, 4.69) is 5.32 Å². The maximum Gasteiger partial charge on any atom is 0.412 e. The van der Waals surface area contributed by atoms with Crippen LogP contribution in [-0.4, -0.2) is 35.5 Å². The number of rotatable bonds is 9. The third kappa shape index (κ3) is 7.44. The number of aryl methyl sites for hydroxylation is 1. The Bertz CT molecular complexity index is 891. The lowest BCUT2D eigenvalue weighted by Crippen LogP contribution is -2.28. The molecule has 0 spiro atoms. The fraction of sp³-hybridized carbons (Fsp3) is 0.304. The van der Waals surface area contributed by atoms with Gasteiger partial charge in [0.05, 0.1) is 6.61 Å². The van der Waals surface area contributed by atoms with E-state index < -0.39 is 23.5 Å². The number of carbonyl (C=O) groups excluding carboxylic acids is 2. The van der Waals surface area contributed by atoms with Crippen molar-refractivity contribution >= 4 is 17.7 Å². The molecule has 2 aromatic rings. The summed E-state index contributed by atoms with van der Waals surface area (Å²) in [4.78, 5) is 24.0. The SMILES string of the molecule is Cc1ccc(NC(=O)O[C@@H](c2ccc(OCCO)cc2)C(C)(C)/C=C/C(=O)NO)cc1. The Labute approximate surface area is 181 Å². The van der Waals surface area contributed by atoms with E-state index in [4.69, 9.17) is 19.8 Å². The smallest absolute Gasteiger partial charge is 0.412 e. The molecule has 0 saturated carbocycles. The topological polar surface area (TPSA) is 117 Å². The zero-order valence-corrected chi connectivity index (χ0v) is 17.8. The second-order valence-corrected chi connectivity index (χ2v) is 7.55. The van der Waals surface area contributed by atoms with Crippen LogP contribution in [0.1, 0.15) is 31.1 Å². The molecule has 0 bridgehead atoms. The van der Waals surface area contributed by atoms with Crippen molar-refractivity contribution in [3.05, 3.63) is 71.8 Å². The predicted octanol–water partition coefficient (Wildman–Crippen LogP) is 3.74. The van der Waals surface area contributed by atoms with Crippen LogP contribution in [-0.2, 0) is 9.53 Å². The first-order valence-electron chi connectivity index (χ1n) is 9.76. The number of aliphatic hydroxyl groups excluding tert-OH is 1. The summed E-state index contributed by atoms with van der Waals surface area (Å²) in [6, 6.07) is 14.2. The first kappa shape index (κ1) is 23.9. The highest BCUT2D eigenvalue weighted by Gasteiger charge is 2.32. The first-order chi connectivity index (χ1) is 14.7. The second kappa shape index (κ2) is 11.1. The molecule has 2 aromatic carbocycles. The van der Waals surface area contributed by atoms with E-state index >= 15 is 0 Å². The van der Waals surface area contributed by atoms with Crippen LogP contribution in [0.2, 0.25) is 0 Å². The van der Waals surface area contributed by atoms with E-state index in [0.29, 0.717) is 17.0 Å². The van der Waals surface area contributed by atoms with Gasteiger partial charge in [0, 0.05) is 17.2 Å². The summed E-state index contributed by atoms with van der Waals surface area (Å²) in [5.74, 6) is -0.127. The minimum absolute atomic E-state index is 0.0998. The van der Waals surface area contributed by atoms with Gasteiger partial charge in [0.15, 0.2) is 0 Å². The summed E-state index contributed by atoms with van der Waals surface area (Å²) >= 11 is 0. The normalized spacial score (nSPS) is 12.3. The first-order valence-corrected chi connectivity index (χ1v) is 9.76. The van der Waals surface area contributed by atoms with E-state index in [1.807, 2.05) is 19.1 Å². The fourth-order valence-electron chi connectivity index (χ4n) is 2.86. The van der Waals surface area contributed by atoms with Crippen molar-refractivity contribution < 1.29 is 29.4 Å². The summed E-state index contributed by atoms with van der Waals surface area (Å²) < 4.78 is 11.1. The minimum Gasteiger partial charge on any atom is -0.491 e. The van der Waals surface area contributed by atoms with Gasteiger partial charge < -0.3 is 14.6 Å². The highest BCUT2D eigenvalue weighted by molar-refractivity contribution is 5.86. The van der Waals surface area contributed by atoms with Gasteiger partial charge in [0.25, 0.3) is 5.91 Å². The molecule has 0 saturated heterocycles. The average Bonchev–Trinajstić information content (AvgIpc) is 2.76. The molecule has 0 fully saturated rings. The van der Waals surface area contributed by atoms with Crippen molar-refractivity contribution in [2.75, 3.05) is 18.5 Å². The maximum absolute atomic E-state index is 12.6. The van der Waals surface area contributed by atoms with Gasteiger partial charge in [-0.2, -0.15) is 0 Å². The van der Waals surface area contributed by atoms with Crippen LogP contribution in [0.4, 0.5) is 10.5 Å². The van der Waals surface area contributed by atoms with Gasteiger partial charge in [0.1, 0.15) is 18.5 Å². The summed E-state index contributed by atoms with van der Waals surface area (Å²) in [5, 5.41) is 20.3. The number of carbonyl (C=O) groups is 2. The minimum atomic E-state index is -0.801. The molecule has 0 unspecified atom stereocenters. The number of hydroxylamine groups is 1. The largest absolute Gasteiger partial charge is 0.491 e. The summed E-state index contributed by atoms with van der Waals surface area (Å²) in [5.41, 5.74) is 3.07. The van der Waals surface area contributed by atoms with Crippen molar-refractivity contribution in [2.24, 2.45) is 5.41 Å². The zero-order valence-electron chi connectivity index (χ0n) is 17.8. The third-order valence-corrected chi connectivity index (χ3v) is 4.52. The second-order valence-electron chi connectivity index (χ2n) is 7.55. The van der Waals surface area contributed by atoms with Crippen molar-refractivity contribution in [3.8, 4) is 5.75 Å². The molecule has 0 aliphatic carbocycles. The van der Waals surface area contributed by atoms with Crippen LogP contribution >= 0.6 is 0 Å².